The Morgan fingerprint density at radius 3 is 2.46 bits per heavy atom. The van der Waals surface area contributed by atoms with E-state index in [1.54, 1.807) is 13.8 Å². The number of fused-ring (bicyclic) bond motifs is 1. The minimum atomic E-state index is -3.52. The maximum atomic E-state index is 13.2. The number of benzene rings is 1. The van der Waals surface area contributed by atoms with Crippen LogP contribution in [0.1, 0.15) is 25.8 Å². The van der Waals surface area contributed by atoms with Crippen LogP contribution in [0.3, 0.4) is 0 Å². The molecule has 24 heavy (non-hydrogen) atoms. The second kappa shape index (κ2) is 7.22. The van der Waals surface area contributed by atoms with Crippen molar-refractivity contribution in [3.05, 3.63) is 47.2 Å². The molecule has 0 radical (unpaired) electrons. The van der Waals surface area contributed by atoms with Crippen LogP contribution in [-0.2, 0) is 29.6 Å². The van der Waals surface area contributed by atoms with Crippen molar-refractivity contribution in [2.24, 2.45) is 5.92 Å². The first-order valence-corrected chi connectivity index (χ1v) is 10.0. The predicted octanol–water partition coefficient (Wildman–Crippen LogP) is 3.74. The highest BCUT2D eigenvalue weighted by molar-refractivity contribution is 7.56. The van der Waals surface area contributed by atoms with Crippen LogP contribution in [0.5, 0.6) is 0 Å². The topological polar surface area (TPSA) is 61.8 Å². The summed E-state index contributed by atoms with van der Waals surface area (Å²) < 4.78 is 30.0. The van der Waals surface area contributed by atoms with E-state index in [9.17, 15) is 9.36 Å². The number of carbonyl (C=O) groups excluding carboxylic acids is 1. The molecule has 2 aliphatic rings. The Hall–Kier alpha value is -1.42. The smallest absolute Gasteiger partial charge is 0.345 e. The number of hydrogen-bond donors (Lipinski definition) is 0. The van der Waals surface area contributed by atoms with E-state index in [-0.39, 0.29) is 24.9 Å². The van der Waals surface area contributed by atoms with Crippen LogP contribution in [0.15, 0.2) is 41.7 Å². The monoisotopic (exact) mass is 350 g/mol. The summed E-state index contributed by atoms with van der Waals surface area (Å²) in [6.07, 6.45) is 0.942. The average molecular weight is 350 g/mol. The van der Waals surface area contributed by atoms with Crippen molar-refractivity contribution in [1.29, 1.82) is 0 Å². The van der Waals surface area contributed by atoms with Gasteiger partial charge in [-0.2, -0.15) is 0 Å². The second-order valence-electron chi connectivity index (χ2n) is 6.00. The highest BCUT2D eigenvalue weighted by Crippen LogP contribution is 2.61. The molecule has 1 aliphatic carbocycles. The summed E-state index contributed by atoms with van der Waals surface area (Å²) in [6.45, 7) is 4.47. The lowest BCUT2D eigenvalue weighted by Crippen LogP contribution is -2.20. The highest BCUT2D eigenvalue weighted by atomic mass is 31.2. The third-order valence-corrected chi connectivity index (χ3v) is 6.84. The molecule has 130 valence electrons. The van der Waals surface area contributed by atoms with Crippen LogP contribution >= 0.6 is 7.60 Å². The number of ketones is 1. The second-order valence-corrected chi connectivity index (χ2v) is 8.11. The fourth-order valence-electron chi connectivity index (χ4n) is 3.50. The molecule has 0 spiro atoms. The van der Waals surface area contributed by atoms with E-state index in [4.69, 9.17) is 13.8 Å². The summed E-state index contributed by atoms with van der Waals surface area (Å²) in [5.41, 5.74) is 1.11. The molecule has 1 saturated carbocycles. The first kappa shape index (κ1) is 17.4. The first-order valence-electron chi connectivity index (χ1n) is 8.40. The van der Waals surface area contributed by atoms with Crippen LogP contribution in [0.4, 0.5) is 0 Å². The van der Waals surface area contributed by atoms with Crippen LogP contribution in [0.25, 0.3) is 0 Å². The zero-order valence-corrected chi connectivity index (χ0v) is 15.0. The molecule has 1 fully saturated rings. The Morgan fingerprint density at radius 2 is 1.83 bits per heavy atom. The molecule has 1 heterocycles. The summed E-state index contributed by atoms with van der Waals surface area (Å²) >= 11 is 0. The Morgan fingerprint density at radius 1 is 1.17 bits per heavy atom. The maximum Gasteiger partial charge on any atom is 0.345 e. The molecular weight excluding hydrogens is 327 g/mol. The molecule has 1 aromatic rings. The molecule has 1 aromatic carbocycles. The van der Waals surface area contributed by atoms with Crippen molar-refractivity contribution in [1.82, 2.24) is 0 Å². The molecule has 0 amide bonds. The van der Waals surface area contributed by atoms with Crippen LogP contribution < -0.4 is 0 Å². The number of allylic oxidation sites excluding steroid dienone is 1. The summed E-state index contributed by atoms with van der Waals surface area (Å²) in [5.74, 6) is 0.686. The van der Waals surface area contributed by atoms with E-state index in [1.165, 1.54) is 0 Å². The molecule has 2 unspecified atom stereocenters. The van der Waals surface area contributed by atoms with Gasteiger partial charge in [-0.1, -0.05) is 30.3 Å². The Kier molecular flexibility index (Phi) is 5.24. The molecule has 6 heteroatoms. The van der Waals surface area contributed by atoms with Gasteiger partial charge in [0.1, 0.15) is 11.4 Å². The molecular formula is C18H23O5P. The minimum Gasteiger partial charge on any atom is -0.497 e. The minimum absolute atomic E-state index is 0.00421. The third-order valence-electron chi connectivity index (χ3n) is 4.41. The number of hydrogen-bond acceptors (Lipinski definition) is 5. The quantitative estimate of drug-likeness (QED) is 0.701. The van der Waals surface area contributed by atoms with Gasteiger partial charge in [-0.05, 0) is 25.0 Å². The van der Waals surface area contributed by atoms with E-state index in [0.717, 1.165) is 16.9 Å². The molecule has 0 aromatic heterocycles. The Labute approximate surface area is 142 Å². The van der Waals surface area contributed by atoms with Crippen molar-refractivity contribution in [3.63, 3.8) is 0 Å². The van der Waals surface area contributed by atoms with Gasteiger partial charge >= 0.3 is 7.60 Å². The fraction of sp³-hybridized carbons (Fsp3) is 0.500. The van der Waals surface area contributed by atoms with Gasteiger partial charge in [-0.25, -0.2) is 0 Å². The Balaban J connectivity index is 1.97. The molecule has 5 nitrogen and oxygen atoms in total. The van der Waals surface area contributed by atoms with Crippen molar-refractivity contribution >= 4 is 13.4 Å². The van der Waals surface area contributed by atoms with E-state index in [2.05, 4.69) is 0 Å². The molecule has 1 aliphatic heterocycles. The number of carbonyl (C=O) groups is 1. The van der Waals surface area contributed by atoms with Crippen LogP contribution in [-0.4, -0.2) is 31.3 Å². The van der Waals surface area contributed by atoms with Gasteiger partial charge in [0.2, 0.25) is 0 Å². The summed E-state index contributed by atoms with van der Waals surface area (Å²) in [5, 5.41) is 0. The van der Waals surface area contributed by atoms with Crippen molar-refractivity contribution in [3.8, 4) is 0 Å². The zero-order chi connectivity index (χ0) is 17.2. The highest BCUT2D eigenvalue weighted by Gasteiger charge is 2.54. The zero-order valence-electron chi connectivity index (χ0n) is 14.1. The van der Waals surface area contributed by atoms with Crippen molar-refractivity contribution in [2.75, 3.05) is 19.8 Å². The normalized spacial score (nSPS) is 23.5. The molecule has 0 N–H and O–H groups in total. The van der Waals surface area contributed by atoms with E-state index in [1.807, 2.05) is 30.3 Å². The molecule has 0 bridgehead atoms. The molecule has 3 rings (SSSR count). The van der Waals surface area contributed by atoms with Gasteiger partial charge in [0.05, 0.1) is 19.8 Å². The SMILES string of the molecule is CCOP(=O)(OCC)C1C(=O)CC2COC(Cc3ccccc3)=C21. The lowest BCUT2D eigenvalue weighted by molar-refractivity contribution is -0.117. The van der Waals surface area contributed by atoms with Crippen LogP contribution in [0.2, 0.25) is 0 Å². The Bertz CT molecular complexity index is 672. The average Bonchev–Trinajstić information content (AvgIpc) is 3.08. The van der Waals surface area contributed by atoms with E-state index in [0.29, 0.717) is 19.4 Å². The van der Waals surface area contributed by atoms with Gasteiger partial charge in [-0.15, -0.1) is 0 Å². The molecule has 2 atom stereocenters. The summed E-state index contributed by atoms with van der Waals surface area (Å²) in [4.78, 5) is 12.6. The van der Waals surface area contributed by atoms with Gasteiger partial charge in [0.25, 0.3) is 0 Å². The van der Waals surface area contributed by atoms with Crippen molar-refractivity contribution in [2.45, 2.75) is 32.3 Å². The van der Waals surface area contributed by atoms with Crippen LogP contribution in [0, 0.1) is 5.92 Å². The fourth-order valence-corrected chi connectivity index (χ4v) is 5.75. The van der Waals surface area contributed by atoms with E-state index >= 15 is 0 Å². The lowest BCUT2D eigenvalue weighted by atomic mass is 10.0. The first-order chi connectivity index (χ1) is 11.6. The van der Waals surface area contributed by atoms with Crippen molar-refractivity contribution < 1.29 is 23.1 Å². The van der Waals surface area contributed by atoms with Gasteiger partial charge < -0.3 is 13.8 Å². The van der Waals surface area contributed by atoms with Gasteiger partial charge in [0, 0.05) is 18.8 Å². The predicted molar refractivity (Wildman–Crippen MR) is 90.9 cm³/mol. The maximum absolute atomic E-state index is 13.2. The number of Topliss-reactive ketones (excluding diaryl/α,β-unsaturated/α-hetero) is 1. The lowest BCUT2D eigenvalue weighted by Gasteiger charge is -2.23. The summed E-state index contributed by atoms with van der Waals surface area (Å²) in [7, 11) is -3.52. The van der Waals surface area contributed by atoms with Gasteiger partial charge in [-0.3, -0.25) is 9.36 Å². The number of rotatable bonds is 7. The van der Waals surface area contributed by atoms with Gasteiger partial charge in [0.15, 0.2) is 5.78 Å². The summed E-state index contributed by atoms with van der Waals surface area (Å²) in [6, 6.07) is 9.92. The number of ether oxygens (including phenoxy) is 1. The third kappa shape index (κ3) is 3.21. The van der Waals surface area contributed by atoms with E-state index < -0.39 is 13.3 Å². The molecule has 0 saturated heterocycles. The standard InChI is InChI=1S/C18H23O5P/c1-3-22-24(20,23-4-2)18-15(19)11-14-12-21-16(17(14)18)10-13-8-6-5-7-9-13/h5-9,14,18H,3-4,10-12H2,1-2H3. The largest absolute Gasteiger partial charge is 0.497 e.